The van der Waals surface area contributed by atoms with Crippen LogP contribution >= 0.6 is 12.2 Å². The van der Waals surface area contributed by atoms with E-state index < -0.39 is 17.6 Å². The van der Waals surface area contributed by atoms with Gasteiger partial charge in [-0.25, -0.2) is 4.39 Å². The van der Waals surface area contributed by atoms with Gasteiger partial charge in [-0.05, 0) is 42.8 Å². The number of pyridine rings is 1. The smallest absolute Gasteiger partial charge is 0.346 e. The fourth-order valence-corrected chi connectivity index (χ4v) is 2.02. The van der Waals surface area contributed by atoms with Crippen LogP contribution in [0.25, 0.3) is 11.3 Å². The van der Waals surface area contributed by atoms with Crippen molar-refractivity contribution >= 4 is 12.2 Å². The van der Waals surface area contributed by atoms with Crippen LogP contribution in [0.2, 0.25) is 0 Å². The lowest BCUT2D eigenvalue weighted by Gasteiger charge is -2.11. The van der Waals surface area contributed by atoms with Gasteiger partial charge in [0.1, 0.15) is 10.5 Å². The van der Waals surface area contributed by atoms with Crippen molar-refractivity contribution in [3.05, 3.63) is 51.9 Å². The fraction of sp³-hybridized carbons (Fsp3) is 0.154. The topological polar surface area (TPSA) is 15.8 Å². The van der Waals surface area contributed by atoms with E-state index in [1.807, 2.05) is 0 Å². The molecule has 2 aromatic rings. The van der Waals surface area contributed by atoms with Crippen LogP contribution in [0.15, 0.2) is 30.3 Å². The maximum Gasteiger partial charge on any atom is 0.416 e. The summed E-state index contributed by atoms with van der Waals surface area (Å²) < 4.78 is 51.1. The molecule has 1 N–H and O–H groups in total. The maximum absolute atomic E-state index is 13.0. The first-order chi connectivity index (χ1) is 8.77. The molecule has 0 radical (unpaired) electrons. The number of hydrogen-bond acceptors (Lipinski definition) is 1. The lowest BCUT2D eigenvalue weighted by Crippen LogP contribution is -2.06. The zero-order valence-electron chi connectivity index (χ0n) is 9.81. The second kappa shape index (κ2) is 4.77. The summed E-state index contributed by atoms with van der Waals surface area (Å²) in [5.41, 5.74) is 0.413. The van der Waals surface area contributed by atoms with Crippen molar-refractivity contribution in [1.82, 2.24) is 4.98 Å². The van der Waals surface area contributed by atoms with E-state index in [4.69, 9.17) is 12.2 Å². The predicted molar refractivity (Wildman–Crippen MR) is 66.8 cm³/mol. The first-order valence-corrected chi connectivity index (χ1v) is 5.76. The zero-order chi connectivity index (χ0) is 14.2. The summed E-state index contributed by atoms with van der Waals surface area (Å²) >= 11 is 4.80. The molecule has 0 atom stereocenters. The van der Waals surface area contributed by atoms with Crippen molar-refractivity contribution in [2.45, 2.75) is 13.1 Å². The number of halogens is 4. The van der Waals surface area contributed by atoms with Gasteiger partial charge in [0.25, 0.3) is 0 Å². The van der Waals surface area contributed by atoms with Gasteiger partial charge >= 0.3 is 6.18 Å². The van der Waals surface area contributed by atoms with Crippen LogP contribution in [-0.2, 0) is 6.18 Å². The number of alkyl halides is 3. The van der Waals surface area contributed by atoms with Gasteiger partial charge < -0.3 is 4.98 Å². The van der Waals surface area contributed by atoms with Gasteiger partial charge in [-0.2, -0.15) is 13.2 Å². The number of rotatable bonds is 1. The maximum atomic E-state index is 13.0. The molecule has 0 aliphatic rings. The van der Waals surface area contributed by atoms with Crippen molar-refractivity contribution in [2.75, 3.05) is 0 Å². The molecule has 0 unspecified atom stereocenters. The highest BCUT2D eigenvalue weighted by Crippen LogP contribution is 2.32. The Hall–Kier alpha value is -1.69. The second-order valence-corrected chi connectivity index (χ2v) is 4.54. The average molecular weight is 287 g/mol. The number of benzene rings is 1. The summed E-state index contributed by atoms with van der Waals surface area (Å²) in [6, 6.07) is 5.70. The normalized spacial score (nSPS) is 11.6. The molecule has 2 rings (SSSR count). The van der Waals surface area contributed by atoms with Crippen LogP contribution in [-0.4, -0.2) is 4.98 Å². The Morgan fingerprint density at radius 1 is 1.11 bits per heavy atom. The third kappa shape index (κ3) is 3.01. The Bertz CT molecular complexity index is 673. The molecule has 0 aliphatic carbocycles. The molecule has 0 aliphatic heterocycles. The third-order valence-electron chi connectivity index (χ3n) is 2.65. The Balaban J connectivity index is 2.63. The minimum absolute atomic E-state index is 0.0199. The first-order valence-electron chi connectivity index (χ1n) is 5.35. The minimum Gasteiger partial charge on any atom is -0.346 e. The van der Waals surface area contributed by atoms with Crippen LogP contribution < -0.4 is 0 Å². The highest BCUT2D eigenvalue weighted by Gasteiger charge is 2.31. The van der Waals surface area contributed by atoms with Gasteiger partial charge in [0.2, 0.25) is 0 Å². The van der Waals surface area contributed by atoms with Gasteiger partial charge in [-0.1, -0.05) is 12.2 Å². The van der Waals surface area contributed by atoms with Crippen molar-refractivity contribution in [2.24, 2.45) is 0 Å². The summed E-state index contributed by atoms with van der Waals surface area (Å²) in [5, 5.41) is 0. The Morgan fingerprint density at radius 3 is 2.37 bits per heavy atom. The third-order valence-corrected chi connectivity index (χ3v) is 2.87. The highest BCUT2D eigenvalue weighted by molar-refractivity contribution is 7.71. The lowest BCUT2D eigenvalue weighted by atomic mass is 10.0. The van der Waals surface area contributed by atoms with Gasteiger partial charge in [0.15, 0.2) is 0 Å². The summed E-state index contributed by atoms with van der Waals surface area (Å²) in [6.45, 7) is 1.62. The number of hydrogen-bond donors (Lipinski definition) is 1. The molecule has 0 spiro atoms. The first kappa shape index (κ1) is 13.7. The average Bonchev–Trinajstić information content (AvgIpc) is 2.26. The zero-order valence-corrected chi connectivity index (χ0v) is 10.6. The van der Waals surface area contributed by atoms with Crippen molar-refractivity contribution < 1.29 is 17.6 Å². The molecular weight excluding hydrogens is 278 g/mol. The van der Waals surface area contributed by atoms with E-state index in [9.17, 15) is 17.6 Å². The molecule has 1 aromatic heterocycles. The number of aromatic nitrogens is 1. The van der Waals surface area contributed by atoms with Crippen LogP contribution in [0.1, 0.15) is 11.1 Å². The van der Waals surface area contributed by atoms with Gasteiger partial charge in [0.05, 0.1) is 5.56 Å². The number of aryl methyl sites for hydroxylation is 1. The monoisotopic (exact) mass is 287 g/mol. The van der Waals surface area contributed by atoms with E-state index >= 15 is 0 Å². The number of aromatic amines is 1. The summed E-state index contributed by atoms with van der Waals surface area (Å²) in [6.07, 6.45) is -4.47. The van der Waals surface area contributed by atoms with Gasteiger partial charge in [-0.15, -0.1) is 0 Å². The quantitative estimate of drug-likeness (QED) is 0.584. The summed E-state index contributed by atoms with van der Waals surface area (Å²) in [7, 11) is 0. The van der Waals surface area contributed by atoms with E-state index in [-0.39, 0.29) is 10.3 Å². The SMILES string of the molecule is Cc1cc(F)ccc1-c1cc(C(F)(F)F)cc(=S)[nH]1. The van der Waals surface area contributed by atoms with E-state index in [2.05, 4.69) is 4.98 Å². The molecule has 1 heterocycles. The number of H-pyrrole nitrogens is 1. The fourth-order valence-electron chi connectivity index (χ4n) is 1.78. The molecule has 100 valence electrons. The van der Waals surface area contributed by atoms with Gasteiger partial charge in [-0.3, -0.25) is 0 Å². The highest BCUT2D eigenvalue weighted by atomic mass is 32.1. The second-order valence-electron chi connectivity index (χ2n) is 4.10. The molecule has 0 saturated carbocycles. The molecule has 6 heteroatoms. The van der Waals surface area contributed by atoms with Crippen molar-refractivity contribution in [1.29, 1.82) is 0 Å². The Morgan fingerprint density at radius 2 is 1.79 bits per heavy atom. The molecule has 0 bridgehead atoms. The minimum atomic E-state index is -4.47. The van der Waals surface area contributed by atoms with Crippen molar-refractivity contribution in [3.63, 3.8) is 0 Å². The van der Waals surface area contributed by atoms with E-state index in [0.717, 1.165) is 12.1 Å². The lowest BCUT2D eigenvalue weighted by molar-refractivity contribution is -0.137. The molecule has 0 fully saturated rings. The molecule has 0 saturated heterocycles. The molecule has 19 heavy (non-hydrogen) atoms. The molecule has 0 amide bonds. The van der Waals surface area contributed by atoms with Crippen LogP contribution in [0.4, 0.5) is 17.6 Å². The Kier molecular flexibility index (Phi) is 3.45. The molecule has 1 aromatic carbocycles. The molecule has 1 nitrogen and oxygen atoms in total. The number of nitrogens with one attached hydrogen (secondary N) is 1. The largest absolute Gasteiger partial charge is 0.416 e. The van der Waals surface area contributed by atoms with Crippen LogP contribution in [0.3, 0.4) is 0 Å². The van der Waals surface area contributed by atoms with Crippen molar-refractivity contribution in [3.8, 4) is 11.3 Å². The molecular formula is C13H9F4NS. The summed E-state index contributed by atoms with van der Waals surface area (Å²) in [5.74, 6) is -0.438. The predicted octanol–water partition coefficient (Wildman–Crippen LogP) is 4.88. The van der Waals surface area contributed by atoms with E-state index in [1.54, 1.807) is 6.92 Å². The van der Waals surface area contributed by atoms with Gasteiger partial charge in [0, 0.05) is 11.3 Å². The Labute approximate surface area is 111 Å². The van der Waals surface area contributed by atoms with Crippen LogP contribution in [0.5, 0.6) is 0 Å². The standard InChI is InChI=1S/C13H9F4NS/c1-7-4-9(14)2-3-10(7)11-5-8(13(15,16)17)6-12(19)18-11/h2-6H,1H3,(H,18,19). The van der Waals surface area contributed by atoms with Crippen LogP contribution in [0, 0.1) is 17.4 Å². The van der Waals surface area contributed by atoms with E-state index in [1.165, 1.54) is 18.2 Å². The summed E-state index contributed by atoms with van der Waals surface area (Å²) in [4.78, 5) is 2.69. The van der Waals surface area contributed by atoms with E-state index in [0.29, 0.717) is 11.1 Å².